The SMILES string of the molecule is C[C@@]12C[C@H]3C[C@@H](C1)[C@](C)(C3)N2[O]. The summed E-state index contributed by atoms with van der Waals surface area (Å²) in [5, 5.41) is 13.4. The third-order valence-electron chi connectivity index (χ3n) is 4.57. The number of hydrogen-bond donors (Lipinski definition) is 0. The van der Waals surface area contributed by atoms with Gasteiger partial charge in [0.05, 0.1) is 5.54 Å². The van der Waals surface area contributed by atoms with E-state index in [9.17, 15) is 5.21 Å². The maximum Gasteiger partial charge on any atom is 0.0503 e. The molecule has 2 aliphatic heterocycles. The summed E-state index contributed by atoms with van der Waals surface area (Å²) in [4.78, 5) is 0. The van der Waals surface area contributed by atoms with Crippen molar-refractivity contribution < 1.29 is 5.21 Å². The lowest BCUT2D eigenvalue weighted by atomic mass is 9.78. The standard InChI is InChI=1S/C10H16NO/c1-9-4-7-3-8(6-9)10(2,5-7)11(9)12/h7-8H,3-6H2,1-2H3/t7-,8+,9-,10+/m1/s1. The normalized spacial score (nSPS) is 63.2. The van der Waals surface area contributed by atoms with Crippen LogP contribution in [0.4, 0.5) is 0 Å². The van der Waals surface area contributed by atoms with Crippen LogP contribution in [0.25, 0.3) is 0 Å². The van der Waals surface area contributed by atoms with Crippen molar-refractivity contribution in [3.8, 4) is 0 Å². The van der Waals surface area contributed by atoms with Crippen LogP contribution in [0.2, 0.25) is 0 Å². The average molecular weight is 166 g/mol. The van der Waals surface area contributed by atoms with Crippen molar-refractivity contribution in [2.24, 2.45) is 11.8 Å². The van der Waals surface area contributed by atoms with Crippen molar-refractivity contribution in [3.05, 3.63) is 0 Å². The first-order chi connectivity index (χ1) is 5.55. The van der Waals surface area contributed by atoms with Crippen LogP contribution in [-0.4, -0.2) is 16.1 Å². The van der Waals surface area contributed by atoms with Crippen LogP contribution < -0.4 is 0 Å². The second kappa shape index (κ2) is 1.73. The van der Waals surface area contributed by atoms with Gasteiger partial charge in [0.15, 0.2) is 0 Å². The van der Waals surface area contributed by atoms with E-state index in [2.05, 4.69) is 13.8 Å². The Kier molecular flexibility index (Phi) is 1.06. The molecule has 2 heterocycles. The largest absolute Gasteiger partial charge is 0.143 e. The highest BCUT2D eigenvalue weighted by molar-refractivity contribution is 5.16. The van der Waals surface area contributed by atoms with Gasteiger partial charge in [-0.05, 0) is 51.4 Å². The Hall–Kier alpha value is -0.0800. The Morgan fingerprint density at radius 1 is 1.25 bits per heavy atom. The van der Waals surface area contributed by atoms with Gasteiger partial charge in [-0.25, -0.2) is 0 Å². The van der Waals surface area contributed by atoms with Crippen LogP contribution >= 0.6 is 0 Å². The molecule has 4 fully saturated rings. The first-order valence-corrected chi connectivity index (χ1v) is 5.02. The van der Waals surface area contributed by atoms with Gasteiger partial charge in [-0.3, -0.25) is 0 Å². The Morgan fingerprint density at radius 3 is 2.58 bits per heavy atom. The first kappa shape index (κ1) is 7.34. The van der Waals surface area contributed by atoms with Crippen molar-refractivity contribution in [2.45, 2.75) is 50.6 Å². The number of hydrogen-bond acceptors (Lipinski definition) is 1. The van der Waals surface area contributed by atoms with E-state index in [0.717, 1.165) is 25.2 Å². The van der Waals surface area contributed by atoms with Crippen molar-refractivity contribution in [3.63, 3.8) is 0 Å². The summed E-state index contributed by atoms with van der Waals surface area (Å²) >= 11 is 0. The second-order valence-corrected chi connectivity index (χ2v) is 5.56. The zero-order chi connectivity index (χ0) is 8.56. The predicted molar refractivity (Wildman–Crippen MR) is 44.8 cm³/mol. The molecule has 4 atom stereocenters. The Balaban J connectivity index is 2.10. The topological polar surface area (TPSA) is 23.1 Å². The van der Waals surface area contributed by atoms with E-state index in [0.29, 0.717) is 5.92 Å². The molecular formula is C10H16NO. The molecule has 2 saturated carbocycles. The Morgan fingerprint density at radius 2 is 2.00 bits per heavy atom. The molecule has 0 aromatic heterocycles. The van der Waals surface area contributed by atoms with Crippen molar-refractivity contribution >= 4 is 0 Å². The molecule has 4 aliphatic rings. The van der Waals surface area contributed by atoms with E-state index in [-0.39, 0.29) is 11.1 Å². The van der Waals surface area contributed by atoms with Crippen LogP contribution in [0.15, 0.2) is 0 Å². The minimum absolute atomic E-state index is 0.0145. The monoisotopic (exact) mass is 166 g/mol. The summed E-state index contributed by atoms with van der Waals surface area (Å²) in [6.45, 7) is 4.33. The molecule has 2 saturated heterocycles. The van der Waals surface area contributed by atoms with Crippen LogP contribution in [0.5, 0.6) is 0 Å². The van der Waals surface area contributed by atoms with E-state index < -0.39 is 0 Å². The highest BCUT2D eigenvalue weighted by atomic mass is 16.5. The van der Waals surface area contributed by atoms with E-state index in [1.807, 2.05) is 0 Å². The number of hydroxylamine groups is 2. The van der Waals surface area contributed by atoms with Crippen LogP contribution in [-0.2, 0) is 5.21 Å². The van der Waals surface area contributed by atoms with Gasteiger partial charge in [0, 0.05) is 5.54 Å². The van der Waals surface area contributed by atoms with E-state index in [1.54, 1.807) is 0 Å². The summed E-state index contributed by atoms with van der Waals surface area (Å²) < 4.78 is 0. The number of rotatable bonds is 0. The molecule has 0 unspecified atom stereocenters. The third-order valence-corrected chi connectivity index (χ3v) is 4.57. The lowest BCUT2D eigenvalue weighted by Gasteiger charge is -2.42. The van der Waals surface area contributed by atoms with Crippen LogP contribution in [0, 0.1) is 11.8 Å². The zero-order valence-electron chi connectivity index (χ0n) is 7.84. The molecule has 0 spiro atoms. The van der Waals surface area contributed by atoms with Gasteiger partial charge in [-0.15, -0.1) is 10.3 Å². The molecule has 0 amide bonds. The average Bonchev–Trinajstić information content (AvgIpc) is 2.27. The highest BCUT2D eigenvalue weighted by Crippen LogP contribution is 2.62. The minimum Gasteiger partial charge on any atom is -0.143 e. The van der Waals surface area contributed by atoms with Gasteiger partial charge < -0.3 is 0 Å². The fourth-order valence-corrected chi connectivity index (χ4v) is 4.22. The summed E-state index contributed by atoms with van der Waals surface area (Å²) in [7, 11) is 0. The molecular weight excluding hydrogens is 150 g/mol. The van der Waals surface area contributed by atoms with E-state index >= 15 is 0 Å². The molecule has 0 aromatic rings. The second-order valence-electron chi connectivity index (χ2n) is 5.56. The first-order valence-electron chi connectivity index (χ1n) is 5.02. The Bertz CT molecular complexity index is 240. The molecule has 0 N–H and O–H groups in total. The Labute approximate surface area is 73.5 Å². The van der Waals surface area contributed by atoms with Gasteiger partial charge in [0.1, 0.15) is 0 Å². The summed E-state index contributed by atoms with van der Waals surface area (Å²) in [5.41, 5.74) is 0.0399. The number of nitrogens with zero attached hydrogens (tertiary/aromatic N) is 1. The third kappa shape index (κ3) is 0.579. The molecule has 2 heteroatoms. The number of piperidine rings is 1. The molecule has 2 aliphatic carbocycles. The van der Waals surface area contributed by atoms with Gasteiger partial charge in [0.25, 0.3) is 0 Å². The maximum absolute atomic E-state index is 12.0. The molecule has 0 aromatic carbocycles. The van der Waals surface area contributed by atoms with Gasteiger partial charge in [0.2, 0.25) is 0 Å². The fraction of sp³-hybridized carbons (Fsp3) is 1.00. The van der Waals surface area contributed by atoms with Gasteiger partial charge in [-0.1, -0.05) is 0 Å². The minimum atomic E-state index is 0.0145. The zero-order valence-corrected chi connectivity index (χ0v) is 7.84. The smallest absolute Gasteiger partial charge is 0.0503 e. The molecule has 67 valence electrons. The molecule has 12 heavy (non-hydrogen) atoms. The van der Waals surface area contributed by atoms with E-state index in [1.165, 1.54) is 11.5 Å². The van der Waals surface area contributed by atoms with E-state index in [4.69, 9.17) is 0 Å². The molecule has 4 rings (SSSR count). The maximum atomic E-state index is 12.0. The van der Waals surface area contributed by atoms with Crippen LogP contribution in [0.3, 0.4) is 0 Å². The summed E-state index contributed by atoms with van der Waals surface area (Å²) in [5.74, 6) is 1.57. The highest BCUT2D eigenvalue weighted by Gasteiger charge is 2.65. The molecule has 2 nitrogen and oxygen atoms in total. The van der Waals surface area contributed by atoms with Crippen molar-refractivity contribution in [1.29, 1.82) is 0 Å². The lowest BCUT2D eigenvalue weighted by Crippen LogP contribution is -2.52. The lowest BCUT2D eigenvalue weighted by molar-refractivity contribution is -0.269. The van der Waals surface area contributed by atoms with Gasteiger partial charge in [-0.2, -0.15) is 0 Å². The van der Waals surface area contributed by atoms with Crippen LogP contribution in [0.1, 0.15) is 39.5 Å². The summed E-state index contributed by atoms with van der Waals surface area (Å²) in [6, 6.07) is 0. The molecule has 1 radical (unpaired) electrons. The molecule has 4 bridgehead atoms. The summed E-state index contributed by atoms with van der Waals surface area (Å²) in [6.07, 6.45) is 4.80. The van der Waals surface area contributed by atoms with Crippen molar-refractivity contribution in [2.75, 3.05) is 0 Å². The quantitative estimate of drug-likeness (QED) is 0.539. The predicted octanol–water partition coefficient (Wildman–Crippen LogP) is 1.98. The fourth-order valence-electron chi connectivity index (χ4n) is 4.22. The van der Waals surface area contributed by atoms with Gasteiger partial charge >= 0.3 is 0 Å². The van der Waals surface area contributed by atoms with Crippen molar-refractivity contribution in [1.82, 2.24) is 5.06 Å².